The van der Waals surface area contributed by atoms with Gasteiger partial charge in [0.15, 0.2) is 0 Å². The minimum absolute atomic E-state index is 0.242. The number of carbonyl (C=O) groups excluding carboxylic acids is 1. The molecule has 1 aromatic heterocycles. The van der Waals surface area contributed by atoms with E-state index in [1.54, 1.807) is 23.9 Å². The topological polar surface area (TPSA) is 90.4 Å². The first-order valence-corrected chi connectivity index (χ1v) is 5.23. The van der Waals surface area contributed by atoms with Crippen LogP contribution in [0, 0.1) is 0 Å². The number of carbonyl (C=O) groups is 1. The summed E-state index contributed by atoms with van der Waals surface area (Å²) in [5.41, 5.74) is 6.11. The molecule has 0 bridgehead atoms. The molecule has 0 aliphatic carbocycles. The molecule has 0 aromatic carbocycles. The van der Waals surface area contributed by atoms with Gasteiger partial charge in [-0.3, -0.25) is 9.48 Å². The molecule has 6 nitrogen and oxygen atoms in total. The summed E-state index contributed by atoms with van der Waals surface area (Å²) < 4.78 is 6.33. The second kappa shape index (κ2) is 5.62. The van der Waals surface area contributed by atoms with Crippen molar-refractivity contribution in [3.8, 4) is 0 Å². The first-order valence-electron chi connectivity index (χ1n) is 5.23. The van der Waals surface area contributed by atoms with Crippen molar-refractivity contribution in [3.63, 3.8) is 0 Å². The molecule has 0 radical (unpaired) electrons. The van der Waals surface area contributed by atoms with E-state index in [-0.39, 0.29) is 6.61 Å². The maximum absolute atomic E-state index is 11.3. The standard InChI is InChI=1S/C10H17N3O3/c1-3-13-7(5-6-12-13)9(14)8(11)10(15)16-4-2/h5-6,8-9,14H,3-4,11H2,1-2H3. The number of aryl methyl sites for hydroxylation is 1. The SMILES string of the molecule is CCOC(=O)C(N)C(O)c1ccnn1CC. The van der Waals surface area contributed by atoms with E-state index in [0.29, 0.717) is 12.2 Å². The van der Waals surface area contributed by atoms with Crippen molar-refractivity contribution in [2.75, 3.05) is 6.61 Å². The molecule has 90 valence electrons. The summed E-state index contributed by atoms with van der Waals surface area (Å²) in [5, 5.41) is 13.9. The monoisotopic (exact) mass is 227 g/mol. The van der Waals surface area contributed by atoms with Gasteiger partial charge in [0.1, 0.15) is 12.1 Å². The minimum atomic E-state index is -1.10. The third-order valence-corrected chi connectivity index (χ3v) is 2.25. The molecule has 1 aromatic rings. The lowest BCUT2D eigenvalue weighted by atomic mass is 10.1. The van der Waals surface area contributed by atoms with Gasteiger partial charge >= 0.3 is 5.97 Å². The quantitative estimate of drug-likeness (QED) is 0.681. The van der Waals surface area contributed by atoms with Crippen molar-refractivity contribution >= 4 is 5.97 Å². The van der Waals surface area contributed by atoms with Crippen LogP contribution in [0.3, 0.4) is 0 Å². The van der Waals surface area contributed by atoms with Gasteiger partial charge in [0.25, 0.3) is 0 Å². The highest BCUT2D eigenvalue weighted by atomic mass is 16.5. The Labute approximate surface area is 94.0 Å². The second-order valence-corrected chi connectivity index (χ2v) is 3.29. The summed E-state index contributed by atoms with van der Waals surface area (Å²) in [4.78, 5) is 11.3. The Kier molecular flexibility index (Phi) is 4.45. The number of ether oxygens (including phenoxy) is 1. The predicted molar refractivity (Wildman–Crippen MR) is 57.5 cm³/mol. The number of hydrogen-bond donors (Lipinski definition) is 2. The summed E-state index contributed by atoms with van der Waals surface area (Å²) in [6.45, 7) is 4.42. The van der Waals surface area contributed by atoms with E-state index in [2.05, 4.69) is 5.10 Å². The molecule has 0 saturated heterocycles. The normalized spacial score (nSPS) is 14.5. The number of nitrogens with two attached hydrogens (primary N) is 1. The maximum Gasteiger partial charge on any atom is 0.326 e. The van der Waals surface area contributed by atoms with Gasteiger partial charge in [0.05, 0.1) is 12.3 Å². The van der Waals surface area contributed by atoms with Crippen LogP contribution in [0.25, 0.3) is 0 Å². The molecule has 0 aliphatic heterocycles. The fourth-order valence-corrected chi connectivity index (χ4v) is 1.41. The maximum atomic E-state index is 11.3. The zero-order valence-corrected chi connectivity index (χ0v) is 9.46. The average Bonchev–Trinajstić information content (AvgIpc) is 2.75. The molecule has 1 rings (SSSR count). The van der Waals surface area contributed by atoms with Crippen LogP contribution in [0.1, 0.15) is 25.6 Å². The van der Waals surface area contributed by atoms with Crippen LogP contribution >= 0.6 is 0 Å². The van der Waals surface area contributed by atoms with Gasteiger partial charge in [0, 0.05) is 12.7 Å². The van der Waals surface area contributed by atoms with Crippen LogP contribution in [0.4, 0.5) is 0 Å². The number of nitrogens with zero attached hydrogens (tertiary/aromatic N) is 2. The molecule has 1 heterocycles. The molecule has 3 N–H and O–H groups in total. The molecule has 0 saturated carbocycles. The summed E-state index contributed by atoms with van der Waals surface area (Å²) in [6.07, 6.45) is 0.460. The van der Waals surface area contributed by atoms with Crippen LogP contribution < -0.4 is 5.73 Å². The van der Waals surface area contributed by atoms with Crippen molar-refractivity contribution in [1.82, 2.24) is 9.78 Å². The minimum Gasteiger partial charge on any atom is -0.465 e. The van der Waals surface area contributed by atoms with Gasteiger partial charge in [-0.25, -0.2) is 0 Å². The van der Waals surface area contributed by atoms with Gasteiger partial charge in [-0.15, -0.1) is 0 Å². The number of aliphatic hydroxyl groups is 1. The number of rotatable bonds is 5. The van der Waals surface area contributed by atoms with E-state index >= 15 is 0 Å². The molecule has 0 spiro atoms. The van der Waals surface area contributed by atoms with Crippen LogP contribution in [0.15, 0.2) is 12.3 Å². The molecule has 0 fully saturated rings. The van der Waals surface area contributed by atoms with Crippen LogP contribution in [0.5, 0.6) is 0 Å². The summed E-state index contributed by atoms with van der Waals surface area (Å²) >= 11 is 0. The smallest absolute Gasteiger partial charge is 0.326 e. The highest BCUT2D eigenvalue weighted by molar-refractivity contribution is 5.76. The van der Waals surface area contributed by atoms with Gasteiger partial charge in [-0.05, 0) is 19.9 Å². The average molecular weight is 227 g/mol. The van der Waals surface area contributed by atoms with Gasteiger partial charge < -0.3 is 15.6 Å². The highest BCUT2D eigenvalue weighted by Crippen LogP contribution is 2.16. The zero-order valence-electron chi connectivity index (χ0n) is 9.46. The van der Waals surface area contributed by atoms with Gasteiger partial charge in [0.2, 0.25) is 0 Å². The number of aliphatic hydroxyl groups excluding tert-OH is 1. The molecule has 16 heavy (non-hydrogen) atoms. The van der Waals surface area contributed by atoms with E-state index in [4.69, 9.17) is 10.5 Å². The Morgan fingerprint density at radius 3 is 2.94 bits per heavy atom. The fourth-order valence-electron chi connectivity index (χ4n) is 1.41. The van der Waals surface area contributed by atoms with E-state index in [0.717, 1.165) is 0 Å². The van der Waals surface area contributed by atoms with E-state index < -0.39 is 18.1 Å². The molecule has 2 atom stereocenters. The lowest BCUT2D eigenvalue weighted by molar-refractivity contribution is -0.147. The predicted octanol–water partition coefficient (Wildman–Crippen LogP) is -0.173. The molecular weight excluding hydrogens is 210 g/mol. The van der Waals surface area contributed by atoms with Crippen molar-refractivity contribution in [2.45, 2.75) is 32.5 Å². The molecular formula is C10H17N3O3. The molecule has 0 aliphatic rings. The molecule has 0 amide bonds. The van der Waals surface area contributed by atoms with Crippen molar-refractivity contribution in [1.29, 1.82) is 0 Å². The largest absolute Gasteiger partial charge is 0.465 e. The summed E-state index contributed by atoms with van der Waals surface area (Å²) in [6, 6.07) is 0.551. The van der Waals surface area contributed by atoms with Crippen LogP contribution in [-0.4, -0.2) is 33.5 Å². The lowest BCUT2D eigenvalue weighted by Crippen LogP contribution is -2.39. The summed E-state index contributed by atoms with van der Waals surface area (Å²) in [5.74, 6) is -0.612. The van der Waals surface area contributed by atoms with Gasteiger partial charge in [-0.1, -0.05) is 0 Å². The Bertz CT molecular complexity index is 351. The van der Waals surface area contributed by atoms with E-state index in [1.807, 2.05) is 6.92 Å². The van der Waals surface area contributed by atoms with E-state index in [9.17, 15) is 9.90 Å². The summed E-state index contributed by atoms with van der Waals surface area (Å²) in [7, 11) is 0. The highest BCUT2D eigenvalue weighted by Gasteiger charge is 2.27. The number of aromatic nitrogens is 2. The molecule has 2 unspecified atom stereocenters. The Balaban J connectivity index is 2.77. The Morgan fingerprint density at radius 1 is 1.69 bits per heavy atom. The number of hydrogen-bond acceptors (Lipinski definition) is 5. The third kappa shape index (κ3) is 2.59. The Hall–Kier alpha value is -1.40. The van der Waals surface area contributed by atoms with Crippen molar-refractivity contribution < 1.29 is 14.6 Å². The van der Waals surface area contributed by atoms with Crippen LogP contribution in [0.2, 0.25) is 0 Å². The lowest BCUT2D eigenvalue weighted by Gasteiger charge is -2.18. The van der Waals surface area contributed by atoms with Gasteiger partial charge in [-0.2, -0.15) is 5.10 Å². The van der Waals surface area contributed by atoms with E-state index in [1.165, 1.54) is 0 Å². The first kappa shape index (κ1) is 12.7. The Morgan fingerprint density at radius 2 is 2.38 bits per heavy atom. The van der Waals surface area contributed by atoms with Crippen molar-refractivity contribution in [3.05, 3.63) is 18.0 Å². The fraction of sp³-hybridized carbons (Fsp3) is 0.600. The molecule has 6 heteroatoms. The van der Waals surface area contributed by atoms with Crippen molar-refractivity contribution in [2.24, 2.45) is 5.73 Å². The number of esters is 1. The first-order chi connectivity index (χ1) is 7.61. The van der Waals surface area contributed by atoms with Crippen LogP contribution in [-0.2, 0) is 16.1 Å². The second-order valence-electron chi connectivity index (χ2n) is 3.29. The third-order valence-electron chi connectivity index (χ3n) is 2.25. The zero-order chi connectivity index (χ0) is 12.1.